The Kier molecular flexibility index (Phi) is 9.08. The van der Waals surface area contributed by atoms with Crippen molar-refractivity contribution >= 4 is 28.4 Å². The van der Waals surface area contributed by atoms with Gasteiger partial charge in [0.1, 0.15) is 6.04 Å². The molecule has 230 valence electrons. The number of anilines is 1. The summed E-state index contributed by atoms with van der Waals surface area (Å²) >= 11 is 0. The van der Waals surface area contributed by atoms with Crippen LogP contribution in [0.4, 0.5) is 5.69 Å². The highest BCUT2D eigenvalue weighted by Gasteiger charge is 2.29. The van der Waals surface area contributed by atoms with Crippen LogP contribution >= 0.6 is 0 Å². The van der Waals surface area contributed by atoms with Crippen molar-refractivity contribution in [2.75, 3.05) is 33.2 Å². The standard InChI is InChI=1S/C34H38N4O6/c1-20(34(41)35-15-17-38-16-14-22-8-6-7-9-28(22)38)36-27-13-11-24-25(19-29(27)40)26(37-21(2)39)12-10-23-18-30(42-3)32(43-4)33(44-5)31(23)24/h6-9,11,13-14,16,18-20,26H,10,12,15,17H2,1-5H3,(H,35,41)(H,36,40)(H,37,39). The Bertz CT molecular complexity index is 1770. The van der Waals surface area contributed by atoms with Gasteiger partial charge in [-0.1, -0.05) is 24.3 Å². The van der Waals surface area contributed by atoms with E-state index in [1.807, 2.05) is 42.6 Å². The number of carbonyl (C=O) groups excluding carboxylic acids is 2. The van der Waals surface area contributed by atoms with Crippen LogP contribution in [0.2, 0.25) is 0 Å². The van der Waals surface area contributed by atoms with E-state index in [4.69, 9.17) is 14.2 Å². The Balaban J connectivity index is 1.44. The van der Waals surface area contributed by atoms with E-state index in [-0.39, 0.29) is 22.9 Å². The molecule has 0 fully saturated rings. The summed E-state index contributed by atoms with van der Waals surface area (Å²) in [5, 5.41) is 10.2. The maximum Gasteiger partial charge on any atom is 0.242 e. The third kappa shape index (κ3) is 6.06. The number of fused-ring (bicyclic) bond motifs is 4. The number of ether oxygens (including phenoxy) is 3. The summed E-state index contributed by atoms with van der Waals surface area (Å²) in [5.74, 6) is 1.00. The van der Waals surface area contributed by atoms with Crippen molar-refractivity contribution in [2.45, 2.75) is 45.3 Å². The normalized spacial score (nSPS) is 14.4. The number of amides is 2. The Morgan fingerprint density at radius 3 is 2.50 bits per heavy atom. The number of methoxy groups -OCH3 is 3. The molecule has 1 aliphatic carbocycles. The first-order valence-corrected chi connectivity index (χ1v) is 14.6. The second kappa shape index (κ2) is 13.1. The fraction of sp³-hybridized carbons (Fsp3) is 0.324. The van der Waals surface area contributed by atoms with Gasteiger partial charge < -0.3 is 34.7 Å². The zero-order chi connectivity index (χ0) is 31.4. The SMILES string of the molecule is COc1cc2c(c(OC)c1OC)-c1ccc(NC(C)C(=O)NCCn3ccc4ccccc43)c(=O)cc1C(NC(C)=O)CC2. The van der Waals surface area contributed by atoms with Gasteiger partial charge in [0.05, 0.1) is 33.1 Å². The summed E-state index contributed by atoms with van der Waals surface area (Å²) < 4.78 is 19.2. The summed E-state index contributed by atoms with van der Waals surface area (Å²) in [5.41, 5.74) is 4.13. The molecule has 0 bridgehead atoms. The fourth-order valence-electron chi connectivity index (χ4n) is 5.91. The number of nitrogens with one attached hydrogen (secondary N) is 3. The molecule has 0 aliphatic heterocycles. The van der Waals surface area contributed by atoms with E-state index in [1.54, 1.807) is 34.3 Å². The van der Waals surface area contributed by atoms with Crippen molar-refractivity contribution < 1.29 is 23.8 Å². The van der Waals surface area contributed by atoms with Crippen LogP contribution in [0.15, 0.2) is 65.6 Å². The molecule has 3 N–H and O–H groups in total. The number of aromatic nitrogens is 1. The van der Waals surface area contributed by atoms with Crippen molar-refractivity contribution in [1.82, 2.24) is 15.2 Å². The van der Waals surface area contributed by atoms with Gasteiger partial charge in [0.2, 0.25) is 23.0 Å². The molecule has 2 atom stereocenters. The molecule has 5 rings (SSSR count). The number of hydrogen-bond donors (Lipinski definition) is 3. The lowest BCUT2D eigenvalue weighted by atomic mass is 9.95. The van der Waals surface area contributed by atoms with Crippen LogP contribution in [0.3, 0.4) is 0 Å². The topological polar surface area (TPSA) is 120 Å². The van der Waals surface area contributed by atoms with E-state index >= 15 is 0 Å². The summed E-state index contributed by atoms with van der Waals surface area (Å²) in [6, 6.07) is 16.0. The zero-order valence-corrected chi connectivity index (χ0v) is 25.7. The average Bonchev–Trinajstić information content (AvgIpc) is 3.29. The molecule has 44 heavy (non-hydrogen) atoms. The summed E-state index contributed by atoms with van der Waals surface area (Å²) in [6.07, 6.45) is 3.16. The summed E-state index contributed by atoms with van der Waals surface area (Å²) in [6.45, 7) is 4.22. The molecule has 1 aliphatic rings. The fourth-order valence-corrected chi connectivity index (χ4v) is 5.91. The van der Waals surface area contributed by atoms with Crippen LogP contribution < -0.4 is 35.6 Å². The number of nitrogens with zero attached hydrogens (tertiary/aromatic N) is 1. The van der Waals surface area contributed by atoms with Crippen LogP contribution in [0, 0.1) is 0 Å². The molecule has 1 heterocycles. The van der Waals surface area contributed by atoms with Gasteiger partial charge >= 0.3 is 0 Å². The molecule has 0 radical (unpaired) electrons. The van der Waals surface area contributed by atoms with Gasteiger partial charge in [-0.25, -0.2) is 0 Å². The third-order valence-electron chi connectivity index (χ3n) is 8.01. The molecule has 10 nitrogen and oxygen atoms in total. The molecular weight excluding hydrogens is 560 g/mol. The first kappa shape index (κ1) is 30.5. The second-order valence-corrected chi connectivity index (χ2v) is 10.8. The van der Waals surface area contributed by atoms with Crippen molar-refractivity contribution in [3.8, 4) is 28.4 Å². The van der Waals surface area contributed by atoms with Crippen molar-refractivity contribution in [1.29, 1.82) is 0 Å². The molecule has 3 aromatic carbocycles. The molecule has 10 heteroatoms. The number of para-hydroxylation sites is 1. The van der Waals surface area contributed by atoms with Gasteiger partial charge in [-0.05, 0) is 72.2 Å². The number of aryl methyl sites for hydroxylation is 1. The zero-order valence-electron chi connectivity index (χ0n) is 25.7. The maximum absolute atomic E-state index is 13.6. The molecule has 2 amide bonds. The van der Waals surface area contributed by atoms with E-state index < -0.39 is 12.1 Å². The van der Waals surface area contributed by atoms with Gasteiger partial charge in [-0.3, -0.25) is 14.4 Å². The molecule has 1 aromatic heterocycles. The third-order valence-corrected chi connectivity index (χ3v) is 8.01. The summed E-state index contributed by atoms with van der Waals surface area (Å²) in [7, 11) is 4.66. The lowest BCUT2D eigenvalue weighted by Gasteiger charge is -2.19. The van der Waals surface area contributed by atoms with Gasteiger partial charge in [-0.2, -0.15) is 0 Å². The van der Waals surface area contributed by atoms with Gasteiger partial charge in [0, 0.05) is 37.3 Å². The monoisotopic (exact) mass is 598 g/mol. The Morgan fingerprint density at radius 2 is 1.77 bits per heavy atom. The maximum atomic E-state index is 13.6. The lowest BCUT2D eigenvalue weighted by molar-refractivity contribution is -0.121. The van der Waals surface area contributed by atoms with Crippen molar-refractivity contribution in [2.24, 2.45) is 0 Å². The molecular formula is C34H38N4O6. The minimum atomic E-state index is -0.677. The first-order chi connectivity index (χ1) is 21.2. The van der Waals surface area contributed by atoms with Crippen LogP contribution in [0.5, 0.6) is 17.2 Å². The first-order valence-electron chi connectivity index (χ1n) is 14.6. The molecule has 4 aromatic rings. The van der Waals surface area contributed by atoms with E-state index in [0.29, 0.717) is 48.7 Å². The Morgan fingerprint density at radius 1 is 1.00 bits per heavy atom. The minimum absolute atomic E-state index is 0.204. The predicted octanol–water partition coefficient (Wildman–Crippen LogP) is 4.43. The number of carbonyl (C=O) groups is 2. The smallest absolute Gasteiger partial charge is 0.242 e. The molecule has 0 saturated carbocycles. The van der Waals surface area contributed by atoms with Gasteiger partial charge in [-0.15, -0.1) is 0 Å². The molecule has 0 spiro atoms. The van der Waals surface area contributed by atoms with E-state index in [2.05, 4.69) is 26.6 Å². The highest BCUT2D eigenvalue weighted by atomic mass is 16.5. The second-order valence-electron chi connectivity index (χ2n) is 10.8. The predicted molar refractivity (Wildman–Crippen MR) is 171 cm³/mol. The lowest BCUT2D eigenvalue weighted by Crippen LogP contribution is -2.39. The Hall–Kier alpha value is -4.99. The number of benzene rings is 2. The Labute approximate surface area is 256 Å². The van der Waals surface area contributed by atoms with Gasteiger partial charge in [0.15, 0.2) is 11.5 Å². The van der Waals surface area contributed by atoms with Gasteiger partial charge in [0.25, 0.3) is 0 Å². The quantitative estimate of drug-likeness (QED) is 0.247. The van der Waals surface area contributed by atoms with Crippen molar-refractivity contribution in [3.05, 3.63) is 82.1 Å². The van der Waals surface area contributed by atoms with E-state index in [9.17, 15) is 14.4 Å². The van der Waals surface area contributed by atoms with Crippen LogP contribution in [0.25, 0.3) is 22.0 Å². The number of rotatable bonds is 10. The van der Waals surface area contributed by atoms with E-state index in [1.165, 1.54) is 13.0 Å². The average molecular weight is 599 g/mol. The summed E-state index contributed by atoms with van der Waals surface area (Å²) in [4.78, 5) is 38.8. The highest BCUT2D eigenvalue weighted by Crippen LogP contribution is 2.50. The van der Waals surface area contributed by atoms with Crippen LogP contribution in [-0.4, -0.2) is 50.3 Å². The number of hydrogen-bond acceptors (Lipinski definition) is 7. The van der Waals surface area contributed by atoms with Crippen molar-refractivity contribution in [3.63, 3.8) is 0 Å². The molecule has 2 unspecified atom stereocenters. The van der Waals surface area contributed by atoms with Crippen LogP contribution in [-0.2, 0) is 22.6 Å². The van der Waals surface area contributed by atoms with E-state index in [0.717, 1.165) is 27.6 Å². The largest absolute Gasteiger partial charge is 0.493 e. The highest BCUT2D eigenvalue weighted by molar-refractivity contribution is 5.86. The minimum Gasteiger partial charge on any atom is -0.493 e. The molecule has 0 saturated heterocycles. The van der Waals surface area contributed by atoms with Crippen LogP contribution in [0.1, 0.15) is 37.4 Å².